The minimum Gasteiger partial charge on any atom is -0.357 e. The molecule has 1 aliphatic rings. The third-order valence-electron chi connectivity index (χ3n) is 3.03. The second-order valence-corrected chi connectivity index (χ2v) is 4.75. The van der Waals surface area contributed by atoms with E-state index in [0.717, 1.165) is 19.3 Å². The molecule has 1 aliphatic heterocycles. The fraction of sp³-hybridized carbons (Fsp3) is 0.833. The van der Waals surface area contributed by atoms with Crippen molar-refractivity contribution in [3.05, 3.63) is 0 Å². The van der Waals surface area contributed by atoms with Crippen LogP contribution >= 0.6 is 0 Å². The first-order valence-electron chi connectivity index (χ1n) is 6.30. The molecule has 0 radical (unpaired) electrons. The molecule has 17 heavy (non-hydrogen) atoms. The van der Waals surface area contributed by atoms with Gasteiger partial charge in [-0.25, -0.2) is 0 Å². The Morgan fingerprint density at radius 3 is 2.65 bits per heavy atom. The van der Waals surface area contributed by atoms with Gasteiger partial charge in [0, 0.05) is 19.6 Å². The third kappa shape index (κ3) is 4.00. The van der Waals surface area contributed by atoms with Crippen LogP contribution in [0.4, 0.5) is 0 Å². The molecule has 0 aromatic rings. The van der Waals surface area contributed by atoms with E-state index in [0.29, 0.717) is 13.1 Å². The van der Waals surface area contributed by atoms with Crippen molar-refractivity contribution in [2.75, 3.05) is 20.1 Å². The fourth-order valence-corrected chi connectivity index (χ4v) is 2.06. The van der Waals surface area contributed by atoms with Gasteiger partial charge in [0.15, 0.2) is 0 Å². The minimum absolute atomic E-state index is 0.0204. The highest BCUT2D eigenvalue weighted by Gasteiger charge is 2.30. The molecule has 1 fully saturated rings. The Balaban J connectivity index is 2.58. The zero-order chi connectivity index (χ0) is 12.8. The van der Waals surface area contributed by atoms with Gasteiger partial charge in [-0.2, -0.15) is 0 Å². The maximum atomic E-state index is 12.0. The number of likely N-dealkylation sites (tertiary alicyclic amines) is 1. The molecule has 0 aromatic heterocycles. The molecule has 1 heterocycles. The van der Waals surface area contributed by atoms with Gasteiger partial charge in [0.1, 0.15) is 6.04 Å². The first-order chi connectivity index (χ1) is 8.06. The zero-order valence-electron chi connectivity index (χ0n) is 11.0. The highest BCUT2D eigenvalue weighted by Crippen LogP contribution is 2.17. The van der Waals surface area contributed by atoms with Crippen LogP contribution in [0.5, 0.6) is 0 Å². The summed E-state index contributed by atoms with van der Waals surface area (Å²) < 4.78 is 0. The molecule has 0 saturated carbocycles. The molecule has 0 bridgehead atoms. The van der Waals surface area contributed by atoms with E-state index in [-0.39, 0.29) is 23.9 Å². The summed E-state index contributed by atoms with van der Waals surface area (Å²) >= 11 is 0. The highest BCUT2D eigenvalue weighted by molar-refractivity contribution is 5.88. The summed E-state index contributed by atoms with van der Waals surface area (Å²) in [5.74, 6) is -0.0328. The Bertz CT molecular complexity index is 279. The van der Waals surface area contributed by atoms with Crippen LogP contribution < -0.4 is 10.6 Å². The summed E-state index contributed by atoms with van der Waals surface area (Å²) in [5.41, 5.74) is 0. The topological polar surface area (TPSA) is 61.4 Å². The van der Waals surface area contributed by atoms with Gasteiger partial charge >= 0.3 is 0 Å². The van der Waals surface area contributed by atoms with Crippen molar-refractivity contribution < 1.29 is 9.59 Å². The predicted octanol–water partition coefficient (Wildman–Crippen LogP) is 0.112. The number of carbonyl (C=O) groups is 2. The molecule has 5 nitrogen and oxygen atoms in total. The maximum absolute atomic E-state index is 12.0. The van der Waals surface area contributed by atoms with Crippen LogP contribution in [0.15, 0.2) is 0 Å². The molecule has 0 aromatic carbocycles. The Kier molecular flexibility index (Phi) is 5.41. The van der Waals surface area contributed by atoms with Crippen LogP contribution in [0.2, 0.25) is 0 Å². The van der Waals surface area contributed by atoms with Gasteiger partial charge in [0.25, 0.3) is 0 Å². The maximum Gasteiger partial charge on any atom is 0.242 e. The number of amides is 2. The van der Waals surface area contributed by atoms with Gasteiger partial charge in [-0.15, -0.1) is 0 Å². The van der Waals surface area contributed by atoms with Crippen LogP contribution in [0.3, 0.4) is 0 Å². The first-order valence-corrected chi connectivity index (χ1v) is 6.30. The normalized spacial score (nSPS) is 20.5. The molecule has 2 N–H and O–H groups in total. The quantitative estimate of drug-likeness (QED) is 0.734. The Morgan fingerprint density at radius 1 is 1.35 bits per heavy atom. The molecule has 1 atom stereocenters. The lowest BCUT2D eigenvalue weighted by Crippen LogP contribution is -2.53. The van der Waals surface area contributed by atoms with Gasteiger partial charge in [0.2, 0.25) is 11.8 Å². The van der Waals surface area contributed by atoms with Crippen molar-refractivity contribution in [2.24, 2.45) is 0 Å². The van der Waals surface area contributed by atoms with Crippen LogP contribution in [-0.4, -0.2) is 48.9 Å². The molecule has 1 rings (SSSR count). The van der Waals surface area contributed by atoms with Gasteiger partial charge in [-0.3, -0.25) is 9.59 Å². The second kappa shape index (κ2) is 6.59. The molecule has 1 saturated heterocycles. The molecule has 5 heteroatoms. The molecule has 0 spiro atoms. The summed E-state index contributed by atoms with van der Waals surface area (Å²) in [6, 6.07) is -0.00240. The van der Waals surface area contributed by atoms with Crippen molar-refractivity contribution in [2.45, 2.75) is 45.2 Å². The van der Waals surface area contributed by atoms with Gasteiger partial charge in [-0.05, 0) is 19.3 Å². The van der Waals surface area contributed by atoms with Crippen LogP contribution in [0.25, 0.3) is 0 Å². The van der Waals surface area contributed by atoms with Crippen molar-refractivity contribution in [3.8, 4) is 0 Å². The third-order valence-corrected chi connectivity index (χ3v) is 3.03. The van der Waals surface area contributed by atoms with E-state index in [1.165, 1.54) is 0 Å². The number of likely N-dealkylation sites (N-methyl/N-ethyl adjacent to an activating group) is 1. The predicted molar refractivity (Wildman–Crippen MR) is 66.6 cm³/mol. The Morgan fingerprint density at radius 2 is 2.06 bits per heavy atom. The smallest absolute Gasteiger partial charge is 0.242 e. The number of hydrogen-bond acceptors (Lipinski definition) is 3. The van der Waals surface area contributed by atoms with Crippen molar-refractivity contribution in [3.63, 3.8) is 0 Å². The van der Waals surface area contributed by atoms with E-state index >= 15 is 0 Å². The summed E-state index contributed by atoms with van der Waals surface area (Å²) in [6.07, 6.45) is 2.77. The van der Waals surface area contributed by atoms with Crippen LogP contribution in [-0.2, 0) is 9.59 Å². The molecule has 98 valence electrons. The van der Waals surface area contributed by atoms with E-state index in [1.54, 1.807) is 11.9 Å². The van der Waals surface area contributed by atoms with Gasteiger partial charge < -0.3 is 15.5 Å². The molecule has 2 amide bonds. The summed E-state index contributed by atoms with van der Waals surface area (Å²) in [6.45, 7) is 5.00. The van der Waals surface area contributed by atoms with Crippen molar-refractivity contribution >= 4 is 11.8 Å². The Labute approximate surface area is 103 Å². The largest absolute Gasteiger partial charge is 0.357 e. The summed E-state index contributed by atoms with van der Waals surface area (Å²) in [4.78, 5) is 25.4. The number of carbonyl (C=O) groups excluding carboxylic acids is 2. The van der Waals surface area contributed by atoms with E-state index in [1.807, 2.05) is 13.8 Å². The summed E-state index contributed by atoms with van der Waals surface area (Å²) in [5, 5.41) is 5.73. The lowest BCUT2D eigenvalue weighted by Gasteiger charge is -2.34. The van der Waals surface area contributed by atoms with Crippen molar-refractivity contribution in [1.29, 1.82) is 0 Å². The highest BCUT2D eigenvalue weighted by atomic mass is 16.2. The number of nitrogens with zero attached hydrogens (tertiary/aromatic N) is 1. The van der Waals surface area contributed by atoms with Crippen molar-refractivity contribution in [1.82, 2.24) is 15.5 Å². The Hall–Kier alpha value is -1.10. The SMILES string of the molecule is CNC(=O)C1CCCCN1C(=O)CNC(C)C. The number of piperidine rings is 1. The van der Waals surface area contributed by atoms with E-state index in [4.69, 9.17) is 0 Å². The van der Waals surface area contributed by atoms with E-state index in [9.17, 15) is 9.59 Å². The number of nitrogens with one attached hydrogen (secondary N) is 2. The average molecular weight is 241 g/mol. The lowest BCUT2D eigenvalue weighted by molar-refractivity contribution is -0.141. The monoisotopic (exact) mass is 241 g/mol. The molecular weight excluding hydrogens is 218 g/mol. The average Bonchev–Trinajstić information content (AvgIpc) is 2.34. The fourth-order valence-electron chi connectivity index (χ4n) is 2.06. The first kappa shape index (κ1) is 14.0. The van der Waals surface area contributed by atoms with E-state index in [2.05, 4.69) is 10.6 Å². The summed E-state index contributed by atoms with van der Waals surface area (Å²) in [7, 11) is 1.62. The second-order valence-electron chi connectivity index (χ2n) is 4.75. The molecular formula is C12H23N3O2. The lowest BCUT2D eigenvalue weighted by atomic mass is 10.0. The van der Waals surface area contributed by atoms with Crippen LogP contribution in [0, 0.1) is 0 Å². The van der Waals surface area contributed by atoms with E-state index < -0.39 is 0 Å². The van der Waals surface area contributed by atoms with Gasteiger partial charge in [0.05, 0.1) is 6.54 Å². The minimum atomic E-state index is -0.282. The standard InChI is InChI=1S/C12H23N3O2/c1-9(2)14-8-11(16)15-7-5-4-6-10(15)12(17)13-3/h9-10,14H,4-8H2,1-3H3,(H,13,17). The number of hydrogen-bond donors (Lipinski definition) is 2. The van der Waals surface area contributed by atoms with Crippen LogP contribution in [0.1, 0.15) is 33.1 Å². The zero-order valence-corrected chi connectivity index (χ0v) is 11.0. The van der Waals surface area contributed by atoms with Gasteiger partial charge in [-0.1, -0.05) is 13.8 Å². The molecule has 0 aliphatic carbocycles. The molecule has 1 unspecified atom stereocenters. The number of rotatable bonds is 4.